The van der Waals surface area contributed by atoms with E-state index >= 15 is 0 Å². The van der Waals surface area contributed by atoms with Crippen LogP contribution in [0.25, 0.3) is 0 Å². The maximum atomic E-state index is 12.4. The molecule has 1 N–H and O–H groups in total. The highest BCUT2D eigenvalue weighted by Crippen LogP contribution is 2.51. The van der Waals surface area contributed by atoms with Gasteiger partial charge in [-0.2, -0.15) is 0 Å². The second-order valence-electron chi connectivity index (χ2n) is 8.24. The zero-order chi connectivity index (χ0) is 22.1. The molecule has 1 aliphatic carbocycles. The lowest BCUT2D eigenvalue weighted by molar-refractivity contribution is -0.274. The van der Waals surface area contributed by atoms with Gasteiger partial charge in [-0.05, 0) is 56.7 Å². The molecule has 2 atom stereocenters. The summed E-state index contributed by atoms with van der Waals surface area (Å²) in [7, 11) is 0. The lowest BCUT2D eigenvalue weighted by atomic mass is 10.2. The molecule has 1 aliphatic heterocycles. The van der Waals surface area contributed by atoms with E-state index in [1.165, 1.54) is 12.1 Å². The van der Waals surface area contributed by atoms with E-state index < -0.39 is 18.0 Å². The Morgan fingerprint density at radius 3 is 2.50 bits per heavy atom. The number of halogens is 3. The number of ether oxygens (including phenoxy) is 1. The lowest BCUT2D eigenvalue weighted by Gasteiger charge is -2.28. The number of piperidine rings is 1. The number of fused-ring (bicyclic) bond motifs is 1. The first-order valence-electron chi connectivity index (χ1n) is 10.2. The van der Waals surface area contributed by atoms with Gasteiger partial charge in [-0.25, -0.2) is 0 Å². The number of hydrogen-bond donors (Lipinski definition) is 1. The molecule has 166 valence electrons. The van der Waals surface area contributed by atoms with Crippen LogP contribution >= 0.6 is 0 Å². The van der Waals surface area contributed by atoms with Crippen molar-refractivity contribution >= 4 is 11.8 Å². The monoisotopic (exact) mass is 427 g/mol. The third-order valence-electron chi connectivity index (χ3n) is 5.92. The normalized spacial score (nSPS) is 23.2. The molecule has 0 bridgehead atoms. The largest absolute Gasteiger partial charge is 0.573 e. The van der Waals surface area contributed by atoms with Gasteiger partial charge < -0.3 is 15.0 Å². The summed E-state index contributed by atoms with van der Waals surface area (Å²) in [5.74, 6) is 0.553. The fraction of sp³-hybridized carbons (Fsp3) is 0.619. The minimum absolute atomic E-state index is 0.128. The fourth-order valence-corrected chi connectivity index (χ4v) is 4.43. The van der Waals surface area contributed by atoms with Crippen molar-refractivity contribution in [2.24, 2.45) is 17.8 Å². The van der Waals surface area contributed by atoms with Crippen molar-refractivity contribution in [3.05, 3.63) is 29.8 Å². The number of hydrogen-bond acceptors (Lipinski definition) is 4. The third kappa shape index (κ3) is 5.44. The average Bonchev–Trinajstić information content (AvgIpc) is 3.10. The summed E-state index contributed by atoms with van der Waals surface area (Å²) in [6.45, 7) is 9.25. The molecule has 2 amide bonds. The molecule has 1 aromatic rings. The number of carbonyl (C=O) groups excluding carboxylic acids is 2. The van der Waals surface area contributed by atoms with Crippen LogP contribution in [0.4, 0.5) is 13.2 Å². The predicted octanol–water partition coefficient (Wildman–Crippen LogP) is 2.75. The molecule has 30 heavy (non-hydrogen) atoms. The molecule has 0 spiro atoms. The standard InChI is InChI=1S/C21H28F3N3O3/c1-4-27(13(2)3)19(28)12-26-10-17-16(18(17)11-26)9-25-20(29)14-6-5-7-15(8-14)30-21(22,23)24/h5-8,13,16-18H,4,9-12H2,1-3H3,(H,25,29). The molecule has 2 aliphatic rings. The zero-order valence-electron chi connectivity index (χ0n) is 17.4. The van der Waals surface area contributed by atoms with Crippen molar-refractivity contribution < 1.29 is 27.5 Å². The van der Waals surface area contributed by atoms with E-state index in [0.717, 1.165) is 25.2 Å². The minimum atomic E-state index is -4.79. The van der Waals surface area contributed by atoms with Crippen LogP contribution in [-0.4, -0.2) is 66.7 Å². The first-order valence-corrected chi connectivity index (χ1v) is 10.2. The summed E-state index contributed by atoms with van der Waals surface area (Å²) in [6.07, 6.45) is -4.79. The number of nitrogens with zero attached hydrogens (tertiary/aromatic N) is 2. The lowest BCUT2D eigenvalue weighted by Crippen LogP contribution is -2.43. The first kappa shape index (κ1) is 22.4. The van der Waals surface area contributed by atoms with Crippen molar-refractivity contribution in [1.82, 2.24) is 15.1 Å². The number of likely N-dealkylation sites (tertiary alicyclic amines) is 1. The second-order valence-corrected chi connectivity index (χ2v) is 8.24. The number of carbonyl (C=O) groups is 2. The third-order valence-corrected chi connectivity index (χ3v) is 5.92. The summed E-state index contributed by atoms with van der Waals surface area (Å²) >= 11 is 0. The van der Waals surface area contributed by atoms with Crippen LogP contribution in [-0.2, 0) is 4.79 Å². The molecule has 2 fully saturated rings. The number of rotatable bonds is 8. The molecule has 1 heterocycles. The van der Waals surface area contributed by atoms with E-state index in [4.69, 9.17) is 0 Å². The van der Waals surface area contributed by atoms with E-state index in [2.05, 4.69) is 15.0 Å². The molecule has 1 saturated heterocycles. The highest BCUT2D eigenvalue weighted by molar-refractivity contribution is 5.94. The molecule has 3 rings (SSSR count). The van der Waals surface area contributed by atoms with Gasteiger partial charge >= 0.3 is 6.36 Å². The second kappa shape index (κ2) is 8.83. The van der Waals surface area contributed by atoms with E-state index in [-0.39, 0.29) is 17.5 Å². The number of likely N-dealkylation sites (N-methyl/N-ethyl adjacent to an activating group) is 1. The molecule has 0 radical (unpaired) electrons. The van der Waals surface area contributed by atoms with Crippen molar-refractivity contribution in [2.75, 3.05) is 32.7 Å². The minimum Gasteiger partial charge on any atom is -0.406 e. The Labute approximate surface area is 174 Å². The average molecular weight is 427 g/mol. The van der Waals surface area contributed by atoms with Crippen LogP contribution in [0.1, 0.15) is 31.1 Å². The molecule has 9 heteroatoms. The van der Waals surface area contributed by atoms with Crippen LogP contribution in [0.3, 0.4) is 0 Å². The predicted molar refractivity (Wildman–Crippen MR) is 105 cm³/mol. The van der Waals surface area contributed by atoms with Gasteiger partial charge in [-0.3, -0.25) is 14.5 Å². The summed E-state index contributed by atoms with van der Waals surface area (Å²) < 4.78 is 40.9. The molecular weight excluding hydrogens is 399 g/mol. The van der Waals surface area contributed by atoms with Gasteiger partial charge in [-0.15, -0.1) is 13.2 Å². The molecule has 2 unspecified atom stereocenters. The number of amides is 2. The smallest absolute Gasteiger partial charge is 0.406 e. The van der Waals surface area contributed by atoms with Crippen molar-refractivity contribution in [2.45, 2.75) is 33.2 Å². The van der Waals surface area contributed by atoms with Gasteiger partial charge in [0.1, 0.15) is 5.75 Å². The van der Waals surface area contributed by atoms with Crippen LogP contribution in [0, 0.1) is 17.8 Å². The number of benzene rings is 1. The van der Waals surface area contributed by atoms with Gasteiger partial charge in [-0.1, -0.05) is 6.07 Å². The Hall–Kier alpha value is -2.29. The van der Waals surface area contributed by atoms with Crippen LogP contribution in [0.15, 0.2) is 24.3 Å². The summed E-state index contributed by atoms with van der Waals surface area (Å²) in [4.78, 5) is 28.7. The molecule has 0 aromatic heterocycles. The Morgan fingerprint density at radius 2 is 1.93 bits per heavy atom. The molecule has 6 nitrogen and oxygen atoms in total. The van der Waals surface area contributed by atoms with Gasteiger partial charge in [0.25, 0.3) is 5.91 Å². The van der Waals surface area contributed by atoms with Crippen molar-refractivity contribution in [3.63, 3.8) is 0 Å². The number of alkyl halides is 3. The van der Waals surface area contributed by atoms with E-state index in [1.54, 1.807) is 0 Å². The SMILES string of the molecule is CCN(C(=O)CN1CC2C(CNC(=O)c3cccc(OC(F)(F)F)c3)C2C1)C(C)C. The first-order chi connectivity index (χ1) is 14.1. The Balaban J connectivity index is 1.43. The van der Waals surface area contributed by atoms with E-state index in [1.807, 2.05) is 25.7 Å². The van der Waals surface area contributed by atoms with E-state index in [9.17, 15) is 22.8 Å². The summed E-state index contributed by atoms with van der Waals surface area (Å²) in [5, 5.41) is 2.81. The molecule has 1 saturated carbocycles. The van der Waals surface area contributed by atoms with Gasteiger partial charge in [0.15, 0.2) is 0 Å². The van der Waals surface area contributed by atoms with Crippen LogP contribution in [0.2, 0.25) is 0 Å². The van der Waals surface area contributed by atoms with E-state index in [0.29, 0.717) is 37.4 Å². The van der Waals surface area contributed by atoms with Crippen molar-refractivity contribution in [1.29, 1.82) is 0 Å². The highest BCUT2D eigenvalue weighted by atomic mass is 19.4. The van der Waals surface area contributed by atoms with Gasteiger partial charge in [0.05, 0.1) is 6.54 Å². The number of nitrogens with one attached hydrogen (secondary N) is 1. The molecule has 1 aromatic carbocycles. The van der Waals surface area contributed by atoms with Crippen molar-refractivity contribution in [3.8, 4) is 5.75 Å². The topological polar surface area (TPSA) is 61.9 Å². The zero-order valence-corrected chi connectivity index (χ0v) is 17.4. The van der Waals surface area contributed by atoms with Crippen LogP contribution in [0.5, 0.6) is 5.75 Å². The quantitative estimate of drug-likeness (QED) is 0.693. The van der Waals surface area contributed by atoms with Gasteiger partial charge in [0.2, 0.25) is 5.91 Å². The van der Waals surface area contributed by atoms with Gasteiger partial charge in [0, 0.05) is 37.8 Å². The Morgan fingerprint density at radius 1 is 1.27 bits per heavy atom. The maximum absolute atomic E-state index is 12.4. The summed E-state index contributed by atoms with van der Waals surface area (Å²) in [6, 6.07) is 5.23. The molecular formula is C21H28F3N3O3. The Bertz CT molecular complexity index is 772. The summed E-state index contributed by atoms with van der Waals surface area (Å²) in [5.41, 5.74) is 0.128. The fourth-order valence-electron chi connectivity index (χ4n) is 4.43. The highest BCUT2D eigenvalue weighted by Gasteiger charge is 2.55. The maximum Gasteiger partial charge on any atom is 0.573 e. The Kier molecular flexibility index (Phi) is 6.59. The van der Waals surface area contributed by atoms with Crippen LogP contribution < -0.4 is 10.1 Å².